The normalized spacial score (nSPS) is 17.5. The van der Waals surface area contributed by atoms with E-state index in [4.69, 9.17) is 16.3 Å². The molecule has 0 atom stereocenters. The van der Waals surface area contributed by atoms with Crippen LogP contribution >= 0.6 is 11.6 Å². The van der Waals surface area contributed by atoms with Crippen LogP contribution in [0.4, 0.5) is 11.8 Å². The number of aromatic nitrogens is 3. The van der Waals surface area contributed by atoms with E-state index in [2.05, 4.69) is 49.9 Å². The number of methoxy groups -OCH3 is 1. The van der Waals surface area contributed by atoms with Crippen molar-refractivity contribution in [1.29, 1.82) is 0 Å². The molecule has 2 aromatic heterocycles. The highest BCUT2D eigenvalue weighted by Crippen LogP contribution is 2.26. The van der Waals surface area contributed by atoms with E-state index in [0.717, 1.165) is 24.0 Å². The summed E-state index contributed by atoms with van der Waals surface area (Å²) in [6.45, 7) is 0. The van der Waals surface area contributed by atoms with Crippen LogP contribution in [0, 0.1) is 5.92 Å². The molecule has 1 saturated carbocycles. The average Bonchev–Trinajstić information content (AvgIpc) is 2.89. The minimum Gasteiger partial charge on any atom is -0.481 e. The smallest absolute Gasteiger partial charge is 0.264 e. The molecule has 9 nitrogen and oxygen atoms in total. The Hall–Kier alpha value is -3.24. The molecule has 0 unspecified atom stereocenters. The summed E-state index contributed by atoms with van der Waals surface area (Å²) in [5.41, 5.74) is 1.84. The van der Waals surface area contributed by atoms with Crippen LogP contribution in [0.25, 0.3) is 0 Å². The van der Waals surface area contributed by atoms with Crippen LogP contribution in [0.2, 0.25) is 5.02 Å². The van der Waals surface area contributed by atoms with E-state index in [-0.39, 0.29) is 15.7 Å². The van der Waals surface area contributed by atoms with Crippen molar-refractivity contribution in [3.8, 4) is 5.88 Å². The molecule has 0 spiro atoms. The van der Waals surface area contributed by atoms with Crippen LogP contribution in [0.1, 0.15) is 36.8 Å². The zero-order chi connectivity index (χ0) is 27.1. The number of nitrogens with one attached hydrogen (secondary N) is 2. The first kappa shape index (κ1) is 27.8. The van der Waals surface area contributed by atoms with Crippen molar-refractivity contribution in [3.05, 3.63) is 64.9 Å². The van der Waals surface area contributed by atoms with Crippen LogP contribution < -0.4 is 14.8 Å². The number of aryl methyl sites for hydroxylation is 2. The average molecular weight is 558 g/mol. The molecule has 0 aliphatic heterocycles. The fraction of sp³-hybridized carbons (Fsp3) is 0.407. The van der Waals surface area contributed by atoms with Gasteiger partial charge in [-0.1, -0.05) is 23.7 Å². The Balaban J connectivity index is 1.33. The monoisotopic (exact) mass is 557 g/mol. The van der Waals surface area contributed by atoms with Gasteiger partial charge in [-0.25, -0.2) is 23.0 Å². The fourth-order valence-corrected chi connectivity index (χ4v) is 6.12. The molecule has 1 aromatic carbocycles. The standard InChI is InChI=1S/C27H34ClN6O3S/c1-34(2)18-19-9-13-22(14-10-19)31-27-29-16-20(17-30-27)8-11-21-12-15-25(32-26(21)37-3)33-38(35,36)24-7-5-4-6-23(24)28/h4-7,12,15-19,22H,8-11,13-14H2,1-3H3,(H,32,33)(H,29,30,31)/q+1. The Morgan fingerprint density at radius 3 is 2.42 bits per heavy atom. The van der Waals surface area contributed by atoms with Gasteiger partial charge in [-0.15, -0.1) is 0 Å². The summed E-state index contributed by atoms with van der Waals surface area (Å²) in [6, 6.07) is 10.1. The van der Waals surface area contributed by atoms with Crippen LogP contribution in [-0.4, -0.2) is 61.4 Å². The predicted molar refractivity (Wildman–Crippen MR) is 150 cm³/mol. The lowest BCUT2D eigenvalue weighted by Crippen LogP contribution is -2.28. The van der Waals surface area contributed by atoms with Crippen molar-refractivity contribution < 1.29 is 17.7 Å². The number of sulfonamides is 1. The van der Waals surface area contributed by atoms with Gasteiger partial charge in [0.25, 0.3) is 10.0 Å². The topological polar surface area (TPSA) is 109 Å². The number of hydrogen-bond acceptors (Lipinski definition) is 7. The summed E-state index contributed by atoms with van der Waals surface area (Å²) in [6.07, 6.45) is 11.9. The third-order valence-electron chi connectivity index (χ3n) is 6.50. The first-order valence-corrected chi connectivity index (χ1v) is 14.5. The molecule has 3 aromatic rings. The Bertz CT molecular complexity index is 1370. The van der Waals surface area contributed by atoms with Crippen molar-refractivity contribution >= 4 is 39.6 Å². The summed E-state index contributed by atoms with van der Waals surface area (Å²) in [5.74, 6) is 1.81. The van der Waals surface area contributed by atoms with Gasteiger partial charge in [-0.05, 0) is 68.4 Å². The summed E-state index contributed by atoms with van der Waals surface area (Å²) in [5, 5.41) is 3.61. The maximum absolute atomic E-state index is 12.7. The molecule has 11 heteroatoms. The number of ether oxygens (including phenoxy) is 1. The third-order valence-corrected chi connectivity index (χ3v) is 8.35. The van der Waals surface area contributed by atoms with E-state index in [1.54, 1.807) is 24.3 Å². The van der Waals surface area contributed by atoms with Gasteiger partial charge >= 0.3 is 0 Å². The highest BCUT2D eigenvalue weighted by molar-refractivity contribution is 7.92. The number of benzene rings is 1. The second kappa shape index (κ2) is 12.5. The van der Waals surface area contributed by atoms with Crippen molar-refractivity contribution in [2.24, 2.45) is 5.92 Å². The Morgan fingerprint density at radius 1 is 1.05 bits per heavy atom. The van der Waals surface area contributed by atoms with E-state index in [1.807, 2.05) is 12.4 Å². The van der Waals surface area contributed by atoms with Gasteiger partial charge in [0.1, 0.15) is 31.0 Å². The van der Waals surface area contributed by atoms with Gasteiger partial charge in [-0.3, -0.25) is 4.72 Å². The number of hydrogen-bond donors (Lipinski definition) is 2. The molecule has 1 aliphatic rings. The number of rotatable bonds is 10. The third kappa shape index (κ3) is 7.41. The van der Waals surface area contributed by atoms with Gasteiger partial charge in [0, 0.05) is 29.9 Å². The Labute approximate surface area is 229 Å². The Morgan fingerprint density at radius 2 is 1.76 bits per heavy atom. The van der Waals surface area contributed by atoms with Crippen molar-refractivity contribution in [2.75, 3.05) is 31.2 Å². The summed E-state index contributed by atoms with van der Waals surface area (Å²) in [7, 11) is 1.78. The zero-order valence-corrected chi connectivity index (χ0v) is 23.5. The van der Waals surface area contributed by atoms with Crippen molar-refractivity contribution in [3.63, 3.8) is 0 Å². The summed E-state index contributed by atoms with van der Waals surface area (Å²) >= 11 is 6.06. The molecule has 0 radical (unpaired) electrons. The first-order valence-electron chi connectivity index (χ1n) is 12.6. The zero-order valence-electron chi connectivity index (χ0n) is 21.9. The van der Waals surface area contributed by atoms with Gasteiger partial charge in [0.05, 0.1) is 12.1 Å². The molecule has 38 heavy (non-hydrogen) atoms. The largest absolute Gasteiger partial charge is 0.481 e. The summed E-state index contributed by atoms with van der Waals surface area (Å²) < 4.78 is 35.5. The second-order valence-electron chi connectivity index (χ2n) is 9.68. The second-order valence-corrected chi connectivity index (χ2v) is 11.7. The molecular formula is C27H34ClN6O3S+. The molecular weight excluding hydrogens is 524 g/mol. The van der Waals surface area contributed by atoms with Crippen molar-refractivity contribution in [1.82, 2.24) is 15.0 Å². The summed E-state index contributed by atoms with van der Waals surface area (Å²) in [4.78, 5) is 13.4. The number of nitrogens with zero attached hydrogens (tertiary/aromatic N) is 4. The van der Waals surface area contributed by atoms with E-state index < -0.39 is 10.0 Å². The van der Waals surface area contributed by atoms with Crippen LogP contribution in [0.5, 0.6) is 5.88 Å². The van der Waals surface area contributed by atoms with Crippen LogP contribution in [0.15, 0.2) is 53.7 Å². The number of anilines is 2. The van der Waals surface area contributed by atoms with E-state index >= 15 is 0 Å². The minimum absolute atomic E-state index is 0.0139. The number of pyridine rings is 1. The fourth-order valence-electron chi connectivity index (χ4n) is 4.60. The first-order chi connectivity index (χ1) is 18.2. The van der Waals surface area contributed by atoms with E-state index in [0.29, 0.717) is 36.6 Å². The molecule has 0 saturated heterocycles. The van der Waals surface area contributed by atoms with E-state index in [9.17, 15) is 8.42 Å². The number of halogens is 1. The lowest BCUT2D eigenvalue weighted by molar-refractivity contribution is -0.462. The maximum atomic E-state index is 12.7. The lowest BCUT2D eigenvalue weighted by atomic mass is 9.87. The van der Waals surface area contributed by atoms with Gasteiger partial charge < -0.3 is 10.1 Å². The minimum atomic E-state index is -3.89. The highest BCUT2D eigenvalue weighted by atomic mass is 35.5. The molecule has 2 heterocycles. The molecule has 202 valence electrons. The molecule has 0 amide bonds. The molecule has 1 aliphatic carbocycles. The molecule has 4 rings (SSSR count). The molecule has 2 N–H and O–H groups in total. The van der Waals surface area contributed by atoms with Gasteiger partial charge in [0.2, 0.25) is 11.8 Å². The lowest BCUT2D eigenvalue weighted by Gasteiger charge is -2.26. The van der Waals surface area contributed by atoms with E-state index in [1.165, 1.54) is 32.1 Å². The quantitative estimate of drug-likeness (QED) is 0.280. The SMILES string of the molecule is COc1nc(NS(=O)(=O)c2ccccc2Cl)ccc1CCc1cnc(NC2CCC(C=[N+](C)C)CC2)nc1. The van der Waals surface area contributed by atoms with Gasteiger partial charge in [-0.2, -0.15) is 4.98 Å². The molecule has 1 fully saturated rings. The highest BCUT2D eigenvalue weighted by Gasteiger charge is 2.22. The Kier molecular flexibility index (Phi) is 9.17. The molecule has 0 bridgehead atoms. The van der Waals surface area contributed by atoms with Crippen LogP contribution in [-0.2, 0) is 22.9 Å². The van der Waals surface area contributed by atoms with Gasteiger partial charge in [0.15, 0.2) is 0 Å². The van der Waals surface area contributed by atoms with Crippen LogP contribution in [0.3, 0.4) is 0 Å². The predicted octanol–water partition coefficient (Wildman–Crippen LogP) is 4.43. The van der Waals surface area contributed by atoms with Crippen molar-refractivity contribution in [2.45, 2.75) is 49.5 Å². The maximum Gasteiger partial charge on any atom is 0.264 e.